The Morgan fingerprint density at radius 1 is 0.946 bits per heavy atom. The summed E-state index contributed by atoms with van der Waals surface area (Å²) < 4.78 is 16.6. The highest BCUT2D eigenvalue weighted by Gasteiger charge is 2.48. The van der Waals surface area contributed by atoms with Crippen molar-refractivity contribution in [3.05, 3.63) is 77.4 Å². The van der Waals surface area contributed by atoms with Gasteiger partial charge in [-0.05, 0) is 48.0 Å². The molecule has 1 aliphatic rings. The Morgan fingerprint density at radius 2 is 1.70 bits per heavy atom. The molecule has 1 saturated heterocycles. The predicted molar refractivity (Wildman–Crippen MR) is 139 cm³/mol. The van der Waals surface area contributed by atoms with E-state index >= 15 is 0 Å². The molecule has 0 saturated carbocycles. The minimum atomic E-state index is -1.04. The maximum atomic E-state index is 13.4. The van der Waals surface area contributed by atoms with E-state index in [1.807, 2.05) is 0 Å². The molecule has 37 heavy (non-hydrogen) atoms. The molecule has 0 spiro atoms. The molecular formula is C27H22N2O7S. The van der Waals surface area contributed by atoms with Crippen molar-refractivity contribution in [1.29, 1.82) is 0 Å². The number of anilines is 1. The first-order valence-corrected chi connectivity index (χ1v) is 11.9. The van der Waals surface area contributed by atoms with Crippen molar-refractivity contribution in [2.75, 3.05) is 26.2 Å². The zero-order chi connectivity index (χ0) is 26.3. The van der Waals surface area contributed by atoms with E-state index in [-0.39, 0.29) is 28.0 Å². The van der Waals surface area contributed by atoms with Crippen LogP contribution in [0, 0.1) is 0 Å². The number of carbonyl (C=O) groups excluding carboxylic acids is 2. The number of thiazole rings is 1. The van der Waals surface area contributed by atoms with Crippen molar-refractivity contribution in [2.24, 2.45) is 0 Å². The summed E-state index contributed by atoms with van der Waals surface area (Å²) in [6.07, 6.45) is 0. The fourth-order valence-corrected chi connectivity index (χ4v) is 5.28. The minimum absolute atomic E-state index is 0.108. The van der Waals surface area contributed by atoms with Crippen molar-refractivity contribution in [1.82, 2.24) is 4.98 Å². The minimum Gasteiger partial charge on any atom is -0.507 e. The van der Waals surface area contributed by atoms with Crippen LogP contribution in [-0.2, 0) is 9.59 Å². The van der Waals surface area contributed by atoms with Gasteiger partial charge in [0.2, 0.25) is 0 Å². The first-order valence-electron chi connectivity index (χ1n) is 11.1. The van der Waals surface area contributed by atoms with Crippen LogP contribution in [0.15, 0.2) is 66.2 Å². The highest BCUT2D eigenvalue weighted by molar-refractivity contribution is 7.22. The van der Waals surface area contributed by atoms with E-state index in [2.05, 4.69) is 4.98 Å². The molecule has 1 atom stereocenters. The number of phenolic OH excluding ortho intramolecular Hbond substituents is 1. The number of carbonyl (C=O) groups is 2. The smallest absolute Gasteiger partial charge is 0.301 e. The third-order valence-electron chi connectivity index (χ3n) is 6.10. The number of hydrogen-bond acceptors (Lipinski definition) is 9. The van der Waals surface area contributed by atoms with Crippen LogP contribution in [0.3, 0.4) is 0 Å². The number of methoxy groups -OCH3 is 3. The lowest BCUT2D eigenvalue weighted by atomic mass is 9.95. The molecule has 10 heteroatoms. The molecule has 0 aliphatic carbocycles. The molecule has 1 unspecified atom stereocenters. The van der Waals surface area contributed by atoms with Crippen LogP contribution in [0.5, 0.6) is 23.0 Å². The van der Waals surface area contributed by atoms with Crippen molar-refractivity contribution < 1.29 is 34.0 Å². The fraction of sp³-hybridized carbons (Fsp3) is 0.148. The van der Waals surface area contributed by atoms with E-state index in [4.69, 9.17) is 14.2 Å². The molecule has 2 N–H and O–H groups in total. The summed E-state index contributed by atoms with van der Waals surface area (Å²) in [7, 11) is 4.44. The quantitative estimate of drug-likeness (QED) is 0.215. The van der Waals surface area contributed by atoms with E-state index in [1.165, 1.54) is 42.6 Å². The van der Waals surface area contributed by atoms with Crippen LogP contribution in [0.1, 0.15) is 17.2 Å². The van der Waals surface area contributed by atoms with E-state index < -0.39 is 17.7 Å². The molecule has 5 rings (SSSR count). The van der Waals surface area contributed by atoms with E-state index in [1.54, 1.807) is 55.6 Å². The van der Waals surface area contributed by atoms with Crippen LogP contribution < -0.4 is 19.1 Å². The number of fused-ring (bicyclic) bond motifs is 1. The number of Topliss-reactive ketones (excluding diaryl/α,β-unsaturated/α-hetero) is 1. The van der Waals surface area contributed by atoms with Gasteiger partial charge in [-0.2, -0.15) is 0 Å². The first kappa shape index (κ1) is 24.1. The van der Waals surface area contributed by atoms with Crippen LogP contribution in [0.2, 0.25) is 0 Å². The Morgan fingerprint density at radius 3 is 2.43 bits per heavy atom. The van der Waals surface area contributed by atoms with Crippen molar-refractivity contribution >= 4 is 44.1 Å². The standard InChI is InChI=1S/C27H22N2O7S/c1-34-16-6-4-5-15(11-16)24(31)22-23(14-7-10-19(30)20(12-14)36-3)29(26(33)25(22)32)27-28-18-9-8-17(35-2)13-21(18)37-27/h4-13,23,30-31H,1-3H3. The number of aliphatic hydroxyl groups is 1. The van der Waals surface area contributed by atoms with Gasteiger partial charge < -0.3 is 24.4 Å². The normalized spacial score (nSPS) is 16.8. The lowest BCUT2D eigenvalue weighted by Gasteiger charge is -2.23. The average molecular weight is 519 g/mol. The van der Waals surface area contributed by atoms with Crippen LogP contribution in [0.4, 0.5) is 5.13 Å². The molecule has 0 radical (unpaired) electrons. The van der Waals surface area contributed by atoms with Gasteiger partial charge in [-0.3, -0.25) is 14.5 Å². The SMILES string of the molecule is COc1cccc(C(O)=C2C(=O)C(=O)N(c3nc4ccc(OC)cc4s3)C2c2ccc(O)c(OC)c2)c1. The van der Waals surface area contributed by atoms with Crippen LogP contribution in [-0.4, -0.2) is 48.2 Å². The molecule has 1 amide bonds. The summed E-state index contributed by atoms with van der Waals surface area (Å²) in [4.78, 5) is 32.7. The number of aromatic nitrogens is 1. The third kappa shape index (κ3) is 4.11. The molecule has 3 aromatic carbocycles. The molecule has 9 nitrogen and oxygen atoms in total. The summed E-state index contributed by atoms with van der Waals surface area (Å²) in [5.74, 6) is -0.924. The second kappa shape index (κ2) is 9.47. The van der Waals surface area contributed by atoms with Gasteiger partial charge >= 0.3 is 5.91 Å². The van der Waals surface area contributed by atoms with E-state index in [0.29, 0.717) is 28.1 Å². The average Bonchev–Trinajstić information content (AvgIpc) is 3.46. The molecule has 1 aromatic heterocycles. The summed E-state index contributed by atoms with van der Waals surface area (Å²) in [5, 5.41) is 21.7. The Hall–Kier alpha value is -4.57. The van der Waals surface area contributed by atoms with Gasteiger partial charge in [-0.1, -0.05) is 29.5 Å². The summed E-state index contributed by atoms with van der Waals surface area (Å²) >= 11 is 1.21. The summed E-state index contributed by atoms with van der Waals surface area (Å²) in [5.41, 5.74) is 1.25. The Kier molecular flexibility index (Phi) is 6.18. The van der Waals surface area contributed by atoms with E-state index in [9.17, 15) is 19.8 Å². The highest BCUT2D eigenvalue weighted by atomic mass is 32.1. The van der Waals surface area contributed by atoms with Gasteiger partial charge in [0.25, 0.3) is 5.78 Å². The highest BCUT2D eigenvalue weighted by Crippen LogP contribution is 2.46. The number of aromatic hydroxyl groups is 1. The zero-order valence-electron chi connectivity index (χ0n) is 20.1. The largest absolute Gasteiger partial charge is 0.507 e. The second-order valence-corrected chi connectivity index (χ2v) is 9.17. The van der Waals surface area contributed by atoms with Gasteiger partial charge in [0.1, 0.15) is 17.3 Å². The van der Waals surface area contributed by atoms with Gasteiger partial charge in [-0.25, -0.2) is 4.98 Å². The van der Waals surface area contributed by atoms with Crippen LogP contribution >= 0.6 is 11.3 Å². The molecule has 188 valence electrons. The van der Waals surface area contributed by atoms with Gasteiger partial charge in [0.15, 0.2) is 16.6 Å². The van der Waals surface area contributed by atoms with Crippen molar-refractivity contribution in [3.8, 4) is 23.0 Å². The maximum absolute atomic E-state index is 13.4. The number of phenols is 1. The number of benzene rings is 3. The number of amides is 1. The lowest BCUT2D eigenvalue weighted by molar-refractivity contribution is -0.132. The summed E-state index contributed by atoms with van der Waals surface area (Å²) in [6.45, 7) is 0. The molecule has 1 fully saturated rings. The topological polar surface area (TPSA) is 118 Å². The number of aliphatic hydroxyl groups excluding tert-OH is 1. The lowest BCUT2D eigenvalue weighted by Crippen LogP contribution is -2.29. The Bertz CT molecular complexity index is 1580. The Balaban J connectivity index is 1.74. The van der Waals surface area contributed by atoms with Gasteiger partial charge in [0, 0.05) is 5.56 Å². The molecule has 2 heterocycles. The van der Waals surface area contributed by atoms with Crippen molar-refractivity contribution in [3.63, 3.8) is 0 Å². The molecule has 4 aromatic rings. The summed E-state index contributed by atoms with van der Waals surface area (Å²) in [6, 6.07) is 15.3. The molecule has 1 aliphatic heterocycles. The second-order valence-electron chi connectivity index (χ2n) is 8.16. The van der Waals surface area contributed by atoms with Gasteiger partial charge in [0.05, 0.1) is 43.2 Å². The van der Waals surface area contributed by atoms with Crippen LogP contribution in [0.25, 0.3) is 16.0 Å². The first-order chi connectivity index (χ1) is 17.9. The predicted octanol–water partition coefficient (Wildman–Crippen LogP) is 4.65. The molecular weight excluding hydrogens is 496 g/mol. The number of rotatable bonds is 6. The van der Waals surface area contributed by atoms with E-state index in [0.717, 1.165) is 4.70 Å². The number of ketones is 1. The van der Waals surface area contributed by atoms with Crippen molar-refractivity contribution in [2.45, 2.75) is 6.04 Å². The fourth-order valence-electron chi connectivity index (χ4n) is 4.26. The Labute approximate surface area is 215 Å². The number of hydrogen-bond donors (Lipinski definition) is 2. The number of nitrogens with zero attached hydrogens (tertiary/aromatic N) is 2. The zero-order valence-corrected chi connectivity index (χ0v) is 20.9. The number of ether oxygens (including phenoxy) is 3. The monoisotopic (exact) mass is 518 g/mol. The maximum Gasteiger partial charge on any atom is 0.301 e. The third-order valence-corrected chi connectivity index (χ3v) is 7.11. The van der Waals surface area contributed by atoms with Gasteiger partial charge in [-0.15, -0.1) is 0 Å². The molecule has 0 bridgehead atoms.